The summed E-state index contributed by atoms with van der Waals surface area (Å²) in [6, 6.07) is 11.5. The number of nitrogens with one attached hydrogen (secondary N) is 1. The van der Waals surface area contributed by atoms with Crippen LogP contribution in [0.5, 0.6) is 11.5 Å². The van der Waals surface area contributed by atoms with Crippen LogP contribution in [-0.2, 0) is 0 Å². The predicted octanol–water partition coefficient (Wildman–Crippen LogP) is 3.36. The van der Waals surface area contributed by atoms with Gasteiger partial charge in [-0.25, -0.2) is 0 Å². The van der Waals surface area contributed by atoms with E-state index in [1.54, 1.807) is 20.3 Å². The normalized spacial score (nSPS) is 29.6. The number of para-hydroxylation sites is 1. The Morgan fingerprint density at radius 1 is 1.07 bits per heavy atom. The van der Waals surface area contributed by atoms with Gasteiger partial charge in [0.15, 0.2) is 11.5 Å². The van der Waals surface area contributed by atoms with Gasteiger partial charge in [-0.2, -0.15) is 0 Å². The lowest BCUT2D eigenvalue weighted by atomic mass is 9.67. The highest BCUT2D eigenvalue weighted by molar-refractivity contribution is 5.87. The smallest absolute Gasteiger partial charge is 0.165 e. The number of ether oxygens (including phenoxy) is 2. The first kappa shape index (κ1) is 17.4. The van der Waals surface area contributed by atoms with E-state index in [-0.39, 0.29) is 11.6 Å². The van der Waals surface area contributed by atoms with Crippen molar-refractivity contribution in [3.05, 3.63) is 53.1 Å². The summed E-state index contributed by atoms with van der Waals surface area (Å²) < 4.78 is 11.3. The molecule has 0 aromatic heterocycles. The maximum atomic E-state index is 11.4. The van der Waals surface area contributed by atoms with Crippen LogP contribution in [0.3, 0.4) is 0 Å². The molecule has 2 bridgehead atoms. The number of anilines is 1. The van der Waals surface area contributed by atoms with Crippen LogP contribution in [0.1, 0.15) is 52.7 Å². The van der Waals surface area contributed by atoms with Crippen LogP contribution in [0.15, 0.2) is 36.4 Å². The molecule has 0 spiro atoms. The second-order valence-corrected chi connectivity index (χ2v) is 8.23. The van der Waals surface area contributed by atoms with Gasteiger partial charge in [0.25, 0.3) is 0 Å². The number of fused-ring (bicyclic) bond motifs is 7. The van der Waals surface area contributed by atoms with E-state index in [0.717, 1.165) is 28.3 Å². The van der Waals surface area contributed by atoms with Gasteiger partial charge in [-0.3, -0.25) is 0 Å². The van der Waals surface area contributed by atoms with Gasteiger partial charge >= 0.3 is 0 Å². The van der Waals surface area contributed by atoms with Crippen molar-refractivity contribution in [3.63, 3.8) is 0 Å². The first-order valence-corrected chi connectivity index (χ1v) is 9.95. The standard InChI is InChI=1S/C23H25NO4/c1-27-18-5-3-4-15(22(18)28-2)21-20-13-7-6-12(10-13)19(20)16-11-14(23(25)26)8-9-17(16)24-21/h3-5,8-9,11-13,19-21,24H,6-7,10H2,1-2H3,(H,25,26)/p-1/t12-,13-,19+,20+,21+/m0/s1. The molecule has 0 radical (unpaired) electrons. The number of methoxy groups -OCH3 is 2. The third kappa shape index (κ3) is 2.42. The number of carbonyl (C=O) groups excluding carboxylic acids is 1. The molecule has 2 aliphatic carbocycles. The number of aromatic carboxylic acids is 1. The quantitative estimate of drug-likeness (QED) is 0.883. The number of carboxylic acid groups (broad SMARTS) is 1. The van der Waals surface area contributed by atoms with Crippen LogP contribution >= 0.6 is 0 Å². The van der Waals surface area contributed by atoms with Crippen molar-refractivity contribution >= 4 is 11.7 Å². The Morgan fingerprint density at radius 2 is 1.89 bits per heavy atom. The van der Waals surface area contributed by atoms with Crippen LogP contribution < -0.4 is 19.9 Å². The molecule has 2 aromatic carbocycles. The summed E-state index contributed by atoms with van der Waals surface area (Å²) in [5, 5.41) is 15.1. The highest BCUT2D eigenvalue weighted by Crippen LogP contribution is 2.64. The van der Waals surface area contributed by atoms with Crippen LogP contribution in [0.25, 0.3) is 0 Å². The Kier molecular flexibility index (Phi) is 4.00. The fourth-order valence-corrected chi connectivity index (χ4v) is 6.08. The molecule has 0 unspecified atom stereocenters. The van der Waals surface area contributed by atoms with Gasteiger partial charge in [0, 0.05) is 11.3 Å². The van der Waals surface area contributed by atoms with Gasteiger partial charge in [-0.05, 0) is 72.3 Å². The monoisotopic (exact) mass is 378 g/mol. The minimum atomic E-state index is -1.11. The molecule has 2 aromatic rings. The van der Waals surface area contributed by atoms with Gasteiger partial charge in [-0.1, -0.05) is 18.2 Å². The summed E-state index contributed by atoms with van der Waals surface area (Å²) in [5.74, 6) is 2.45. The van der Waals surface area contributed by atoms with Gasteiger partial charge < -0.3 is 24.7 Å². The van der Waals surface area contributed by atoms with Gasteiger partial charge in [0.05, 0.1) is 26.2 Å². The number of hydrogen-bond donors (Lipinski definition) is 1. The molecule has 0 amide bonds. The Balaban J connectivity index is 1.65. The second-order valence-electron chi connectivity index (χ2n) is 8.23. The Labute approximate surface area is 164 Å². The molecule has 1 heterocycles. The van der Waals surface area contributed by atoms with E-state index in [4.69, 9.17) is 9.47 Å². The zero-order valence-electron chi connectivity index (χ0n) is 16.1. The van der Waals surface area contributed by atoms with Crippen LogP contribution in [0.4, 0.5) is 5.69 Å². The van der Waals surface area contributed by atoms with Crippen molar-refractivity contribution in [1.82, 2.24) is 0 Å². The molecule has 146 valence electrons. The Hall–Kier alpha value is -2.69. The zero-order valence-corrected chi connectivity index (χ0v) is 16.1. The van der Waals surface area contributed by atoms with Crippen LogP contribution in [-0.4, -0.2) is 20.2 Å². The van der Waals surface area contributed by atoms with Crippen molar-refractivity contribution in [2.45, 2.75) is 31.2 Å². The minimum absolute atomic E-state index is 0.117. The molecule has 5 atom stereocenters. The zero-order chi connectivity index (χ0) is 19.4. The molecular weight excluding hydrogens is 354 g/mol. The van der Waals surface area contributed by atoms with Crippen molar-refractivity contribution in [3.8, 4) is 11.5 Å². The van der Waals surface area contributed by atoms with Crippen molar-refractivity contribution in [2.75, 3.05) is 19.5 Å². The van der Waals surface area contributed by atoms with Crippen LogP contribution in [0.2, 0.25) is 0 Å². The molecule has 2 fully saturated rings. The first-order valence-electron chi connectivity index (χ1n) is 9.95. The van der Waals surface area contributed by atoms with Crippen molar-refractivity contribution in [1.29, 1.82) is 0 Å². The fourth-order valence-electron chi connectivity index (χ4n) is 6.08. The van der Waals surface area contributed by atoms with E-state index in [9.17, 15) is 9.90 Å². The molecule has 5 nitrogen and oxygen atoms in total. The summed E-state index contributed by atoms with van der Waals surface area (Å²) in [5.41, 5.74) is 3.53. The molecule has 1 N–H and O–H groups in total. The molecule has 5 rings (SSSR count). The lowest BCUT2D eigenvalue weighted by Gasteiger charge is -2.44. The summed E-state index contributed by atoms with van der Waals surface area (Å²) in [4.78, 5) is 11.4. The maximum Gasteiger partial charge on any atom is 0.165 e. The molecule has 1 aliphatic heterocycles. The number of carboxylic acids is 1. The summed E-state index contributed by atoms with van der Waals surface area (Å²) in [7, 11) is 3.34. The minimum Gasteiger partial charge on any atom is -0.545 e. The van der Waals surface area contributed by atoms with Gasteiger partial charge in [0.2, 0.25) is 0 Å². The molecular formula is C23H24NO4-. The maximum absolute atomic E-state index is 11.4. The molecule has 0 saturated heterocycles. The van der Waals surface area contributed by atoms with E-state index in [0.29, 0.717) is 23.7 Å². The fraction of sp³-hybridized carbons (Fsp3) is 0.435. The molecule has 3 aliphatic rings. The molecule has 28 heavy (non-hydrogen) atoms. The van der Waals surface area contributed by atoms with E-state index in [2.05, 4.69) is 11.4 Å². The average molecular weight is 378 g/mol. The van der Waals surface area contributed by atoms with Crippen LogP contribution in [0, 0.1) is 17.8 Å². The SMILES string of the molecule is COc1cccc([C@H]2Nc3ccc(C(=O)[O-])cc3[C@H]3[C@H]4CC[C@@H](C4)[C@H]32)c1OC. The third-order valence-electron chi connectivity index (χ3n) is 7.09. The summed E-state index contributed by atoms with van der Waals surface area (Å²) in [6.45, 7) is 0. The predicted molar refractivity (Wildman–Crippen MR) is 104 cm³/mol. The highest BCUT2D eigenvalue weighted by atomic mass is 16.5. The summed E-state index contributed by atoms with van der Waals surface area (Å²) in [6.07, 6.45) is 3.68. The summed E-state index contributed by atoms with van der Waals surface area (Å²) >= 11 is 0. The lowest BCUT2D eigenvalue weighted by molar-refractivity contribution is -0.255. The number of hydrogen-bond acceptors (Lipinski definition) is 5. The molecule has 2 saturated carbocycles. The van der Waals surface area contributed by atoms with E-state index < -0.39 is 5.97 Å². The van der Waals surface area contributed by atoms with E-state index in [1.807, 2.05) is 24.3 Å². The van der Waals surface area contributed by atoms with Gasteiger partial charge in [0.1, 0.15) is 0 Å². The Morgan fingerprint density at radius 3 is 2.64 bits per heavy atom. The number of carbonyl (C=O) groups is 1. The highest BCUT2D eigenvalue weighted by Gasteiger charge is 2.54. The topological polar surface area (TPSA) is 70.6 Å². The van der Waals surface area contributed by atoms with E-state index >= 15 is 0 Å². The Bertz CT molecular complexity index is 940. The van der Waals surface area contributed by atoms with Crippen molar-refractivity contribution < 1.29 is 19.4 Å². The first-order chi connectivity index (χ1) is 13.6. The second kappa shape index (κ2) is 6.43. The van der Waals surface area contributed by atoms with E-state index in [1.165, 1.54) is 19.3 Å². The largest absolute Gasteiger partial charge is 0.545 e. The molecule has 5 heteroatoms. The average Bonchev–Trinajstić information content (AvgIpc) is 3.34. The third-order valence-corrected chi connectivity index (χ3v) is 7.09. The number of benzene rings is 2. The number of rotatable bonds is 4. The lowest BCUT2D eigenvalue weighted by Crippen LogP contribution is -2.36. The van der Waals surface area contributed by atoms with Gasteiger partial charge in [-0.15, -0.1) is 0 Å². The van der Waals surface area contributed by atoms with Crippen molar-refractivity contribution in [2.24, 2.45) is 17.8 Å².